The predicted molar refractivity (Wildman–Crippen MR) is 95.2 cm³/mol. The summed E-state index contributed by atoms with van der Waals surface area (Å²) >= 11 is 0. The molecule has 25 heavy (non-hydrogen) atoms. The molecule has 0 spiro atoms. The number of nitrogens with one attached hydrogen (secondary N) is 1. The van der Waals surface area contributed by atoms with Crippen molar-refractivity contribution in [2.75, 3.05) is 27.3 Å². The van der Waals surface area contributed by atoms with Gasteiger partial charge in [-0.3, -0.25) is 9.59 Å². The summed E-state index contributed by atoms with van der Waals surface area (Å²) in [4.78, 5) is 26.3. The van der Waals surface area contributed by atoms with Gasteiger partial charge in [0, 0.05) is 24.9 Å². The van der Waals surface area contributed by atoms with E-state index in [9.17, 15) is 9.59 Å². The number of carbonyl (C=O) groups excluding carboxylic acids is 2. The lowest BCUT2D eigenvalue weighted by Gasteiger charge is -2.26. The number of nitrogens with zero attached hydrogens (tertiary/aromatic N) is 2. The average molecular weight is 347 g/mol. The third-order valence-corrected chi connectivity index (χ3v) is 4.12. The number of methoxy groups -OCH3 is 2. The van der Waals surface area contributed by atoms with E-state index in [0.717, 1.165) is 25.9 Å². The van der Waals surface area contributed by atoms with Gasteiger partial charge in [0.15, 0.2) is 0 Å². The van der Waals surface area contributed by atoms with Crippen LogP contribution in [0.3, 0.4) is 0 Å². The third kappa shape index (κ3) is 5.20. The molecule has 1 aromatic carbocycles. The van der Waals surface area contributed by atoms with E-state index in [2.05, 4.69) is 10.5 Å². The highest BCUT2D eigenvalue weighted by Gasteiger charge is 2.17. The van der Waals surface area contributed by atoms with Gasteiger partial charge in [-0.15, -0.1) is 0 Å². The lowest BCUT2D eigenvalue weighted by atomic mass is 10.1. The summed E-state index contributed by atoms with van der Waals surface area (Å²) in [6, 6.07) is 4.91. The Morgan fingerprint density at radius 2 is 1.88 bits per heavy atom. The van der Waals surface area contributed by atoms with Crippen LogP contribution in [0.2, 0.25) is 0 Å². The molecule has 136 valence electrons. The van der Waals surface area contributed by atoms with Crippen molar-refractivity contribution < 1.29 is 19.1 Å². The first-order chi connectivity index (χ1) is 12.0. The zero-order chi connectivity index (χ0) is 18.2. The molecule has 2 amide bonds. The van der Waals surface area contributed by atoms with Gasteiger partial charge >= 0.3 is 0 Å². The second kappa shape index (κ2) is 9.05. The third-order valence-electron chi connectivity index (χ3n) is 4.12. The first-order valence-corrected chi connectivity index (χ1v) is 8.38. The van der Waals surface area contributed by atoms with Crippen LogP contribution in [0.5, 0.6) is 11.5 Å². The maximum atomic E-state index is 12.3. The van der Waals surface area contributed by atoms with Crippen molar-refractivity contribution in [2.24, 2.45) is 5.10 Å². The Bertz CT molecular complexity index is 652. The van der Waals surface area contributed by atoms with E-state index in [1.54, 1.807) is 32.2 Å². The van der Waals surface area contributed by atoms with Gasteiger partial charge in [-0.25, -0.2) is 5.43 Å². The molecule has 0 atom stereocenters. The molecule has 7 nitrogen and oxygen atoms in total. The Labute approximate surface area is 148 Å². The molecule has 0 bridgehead atoms. The van der Waals surface area contributed by atoms with Crippen LogP contribution in [0.4, 0.5) is 0 Å². The van der Waals surface area contributed by atoms with Crippen LogP contribution in [-0.2, 0) is 4.79 Å². The second-order valence-electron chi connectivity index (χ2n) is 5.97. The number of carbonyl (C=O) groups is 2. The molecule has 7 heteroatoms. The van der Waals surface area contributed by atoms with Crippen LogP contribution >= 0.6 is 0 Å². The van der Waals surface area contributed by atoms with E-state index >= 15 is 0 Å². The van der Waals surface area contributed by atoms with E-state index in [1.807, 2.05) is 4.90 Å². The van der Waals surface area contributed by atoms with Crippen molar-refractivity contribution in [2.45, 2.75) is 32.6 Å². The SMILES string of the molecule is COc1ccc(C(=O)NN=C(C)CC(=O)N2CCCCC2)c(OC)c1. The lowest BCUT2D eigenvalue weighted by molar-refractivity contribution is -0.130. The normalized spacial score (nSPS) is 14.8. The highest BCUT2D eigenvalue weighted by Crippen LogP contribution is 2.24. The van der Waals surface area contributed by atoms with E-state index in [1.165, 1.54) is 13.5 Å². The molecule has 0 aromatic heterocycles. The predicted octanol–water partition coefficient (Wildman–Crippen LogP) is 2.21. The fourth-order valence-electron chi connectivity index (χ4n) is 2.71. The van der Waals surface area contributed by atoms with Crippen LogP contribution in [0.1, 0.15) is 43.0 Å². The molecular formula is C18H25N3O4. The van der Waals surface area contributed by atoms with Gasteiger partial charge in [0.05, 0.1) is 26.2 Å². The second-order valence-corrected chi connectivity index (χ2v) is 5.97. The zero-order valence-electron chi connectivity index (χ0n) is 15.0. The highest BCUT2D eigenvalue weighted by molar-refractivity contribution is 6.01. The summed E-state index contributed by atoms with van der Waals surface area (Å²) in [6.45, 7) is 3.34. The topological polar surface area (TPSA) is 80.2 Å². The quantitative estimate of drug-likeness (QED) is 0.632. The lowest BCUT2D eigenvalue weighted by Crippen LogP contribution is -2.36. The Kier molecular flexibility index (Phi) is 6.80. The van der Waals surface area contributed by atoms with Crippen LogP contribution in [0.15, 0.2) is 23.3 Å². The van der Waals surface area contributed by atoms with Crippen LogP contribution in [-0.4, -0.2) is 49.7 Å². The van der Waals surface area contributed by atoms with Crippen LogP contribution in [0, 0.1) is 0 Å². The van der Waals surface area contributed by atoms with E-state index in [4.69, 9.17) is 9.47 Å². The largest absolute Gasteiger partial charge is 0.497 e. The first-order valence-electron chi connectivity index (χ1n) is 8.38. The zero-order valence-corrected chi connectivity index (χ0v) is 15.0. The molecule has 0 saturated carbocycles. The number of piperidine rings is 1. The van der Waals surface area contributed by atoms with Crippen molar-refractivity contribution in [3.8, 4) is 11.5 Å². The minimum Gasteiger partial charge on any atom is -0.497 e. The van der Waals surface area contributed by atoms with Crippen molar-refractivity contribution in [1.82, 2.24) is 10.3 Å². The van der Waals surface area contributed by atoms with E-state index in [0.29, 0.717) is 22.8 Å². The Balaban J connectivity index is 1.95. The maximum Gasteiger partial charge on any atom is 0.275 e. The van der Waals surface area contributed by atoms with Crippen LogP contribution in [0.25, 0.3) is 0 Å². The van der Waals surface area contributed by atoms with Gasteiger partial charge < -0.3 is 14.4 Å². The highest BCUT2D eigenvalue weighted by atomic mass is 16.5. The Hall–Kier alpha value is -2.57. The molecule has 1 N–H and O–H groups in total. The summed E-state index contributed by atoms with van der Waals surface area (Å²) in [5.41, 5.74) is 3.39. The number of hydrazone groups is 1. The summed E-state index contributed by atoms with van der Waals surface area (Å²) in [5, 5.41) is 4.04. The molecule has 0 unspecified atom stereocenters. The number of ether oxygens (including phenoxy) is 2. The van der Waals surface area contributed by atoms with Gasteiger partial charge in [-0.2, -0.15) is 5.10 Å². The number of rotatable bonds is 6. The molecule has 1 aliphatic rings. The molecule has 1 fully saturated rings. The summed E-state index contributed by atoms with van der Waals surface area (Å²) in [7, 11) is 3.03. The van der Waals surface area contributed by atoms with Crippen molar-refractivity contribution in [3.63, 3.8) is 0 Å². The maximum absolute atomic E-state index is 12.3. The molecule has 1 heterocycles. The summed E-state index contributed by atoms with van der Waals surface area (Å²) in [6.07, 6.45) is 3.49. The Morgan fingerprint density at radius 1 is 1.16 bits per heavy atom. The van der Waals surface area contributed by atoms with Crippen molar-refractivity contribution >= 4 is 17.5 Å². The van der Waals surface area contributed by atoms with Crippen molar-refractivity contribution in [3.05, 3.63) is 23.8 Å². The number of amides is 2. The summed E-state index contributed by atoms with van der Waals surface area (Å²) in [5.74, 6) is 0.649. The first kappa shape index (κ1) is 18.8. The molecule has 1 aromatic rings. The van der Waals surface area contributed by atoms with Gasteiger partial charge in [-0.05, 0) is 38.3 Å². The monoisotopic (exact) mass is 347 g/mol. The minimum absolute atomic E-state index is 0.0530. The number of hydrogen-bond donors (Lipinski definition) is 1. The van der Waals surface area contributed by atoms with Crippen molar-refractivity contribution in [1.29, 1.82) is 0 Å². The fraction of sp³-hybridized carbons (Fsp3) is 0.500. The number of hydrogen-bond acceptors (Lipinski definition) is 5. The molecule has 2 rings (SSSR count). The summed E-state index contributed by atoms with van der Waals surface area (Å²) < 4.78 is 10.3. The molecule has 0 radical (unpaired) electrons. The van der Waals surface area contributed by atoms with Gasteiger partial charge in [0.25, 0.3) is 5.91 Å². The standard InChI is InChI=1S/C18H25N3O4/c1-13(11-17(22)21-9-5-4-6-10-21)19-20-18(23)15-8-7-14(24-2)12-16(15)25-3/h7-8,12H,4-6,9-11H2,1-3H3,(H,20,23). The van der Waals surface area contributed by atoms with Gasteiger partial charge in [0.1, 0.15) is 11.5 Å². The van der Waals surface area contributed by atoms with Crippen LogP contribution < -0.4 is 14.9 Å². The molecule has 1 aliphatic heterocycles. The Morgan fingerprint density at radius 3 is 2.52 bits per heavy atom. The number of likely N-dealkylation sites (tertiary alicyclic amines) is 1. The van der Waals surface area contributed by atoms with E-state index < -0.39 is 5.91 Å². The van der Waals surface area contributed by atoms with Gasteiger partial charge in [-0.1, -0.05) is 0 Å². The van der Waals surface area contributed by atoms with E-state index in [-0.39, 0.29) is 12.3 Å². The number of benzene rings is 1. The molecular weight excluding hydrogens is 322 g/mol. The average Bonchev–Trinajstić information content (AvgIpc) is 2.66. The smallest absolute Gasteiger partial charge is 0.275 e. The molecule has 1 saturated heterocycles. The molecule has 0 aliphatic carbocycles. The fourth-order valence-corrected chi connectivity index (χ4v) is 2.71. The minimum atomic E-state index is -0.399. The van der Waals surface area contributed by atoms with Gasteiger partial charge in [0.2, 0.25) is 5.91 Å².